The molecule has 7 heteroatoms. The Balaban J connectivity index is 4.42. The van der Waals surface area contributed by atoms with Gasteiger partial charge in [-0.25, -0.2) is 0 Å². The van der Waals surface area contributed by atoms with Gasteiger partial charge in [0.25, 0.3) is 0 Å². The maximum absolute atomic E-state index is 12.8. The van der Waals surface area contributed by atoms with Gasteiger partial charge >= 0.3 is 5.97 Å². The number of carboxylic acids is 1. The van der Waals surface area contributed by atoms with Crippen molar-refractivity contribution in [3.63, 3.8) is 0 Å². The largest absolute Gasteiger partial charge is 0.616 e. The van der Waals surface area contributed by atoms with Crippen LogP contribution in [0.4, 0.5) is 0 Å². The molecule has 27 heavy (non-hydrogen) atoms. The highest BCUT2D eigenvalue weighted by Crippen LogP contribution is 2.20. The molecule has 0 saturated carbocycles. The number of carbonyl (C=O) groups excluding carboxylic acids is 1. The number of unbranched alkanes of at least 4 members (excludes halogenated alkanes) is 8. The smallest absolute Gasteiger partial charge is 0.322 e. The van der Waals surface area contributed by atoms with Gasteiger partial charge in [-0.05, 0) is 36.9 Å². The molecule has 0 fully saturated rings. The van der Waals surface area contributed by atoms with Gasteiger partial charge in [0.05, 0.1) is 0 Å². The first kappa shape index (κ1) is 26.2. The van der Waals surface area contributed by atoms with E-state index >= 15 is 0 Å². The molecule has 6 nitrogen and oxygen atoms in total. The van der Waals surface area contributed by atoms with Gasteiger partial charge in [0.2, 0.25) is 5.91 Å². The van der Waals surface area contributed by atoms with Crippen LogP contribution in [0.1, 0.15) is 90.9 Å². The summed E-state index contributed by atoms with van der Waals surface area (Å²) < 4.78 is 12.8. The van der Waals surface area contributed by atoms with E-state index in [0.29, 0.717) is 0 Å². The maximum Gasteiger partial charge on any atom is 0.322 e. The summed E-state index contributed by atoms with van der Waals surface area (Å²) in [5.41, 5.74) is 5.83. The average molecular weight is 405 g/mol. The van der Waals surface area contributed by atoms with E-state index in [9.17, 15) is 14.1 Å². The van der Waals surface area contributed by atoms with Gasteiger partial charge in [0.15, 0.2) is 0 Å². The molecule has 0 aromatic rings. The normalized spacial score (nSPS) is 13.5. The molecule has 2 atom stereocenters. The molecule has 0 aromatic carbocycles. The molecule has 0 aliphatic heterocycles. The quantitative estimate of drug-likeness (QED) is 0.239. The number of hydrogen-bond donors (Lipinski definition) is 3. The summed E-state index contributed by atoms with van der Waals surface area (Å²) in [7, 11) is 0. The Morgan fingerprint density at radius 2 is 1.44 bits per heavy atom. The Morgan fingerprint density at radius 1 is 0.963 bits per heavy atom. The molecule has 0 saturated heterocycles. The van der Waals surface area contributed by atoms with Gasteiger partial charge < -0.3 is 20.7 Å². The average Bonchev–Trinajstić information content (AvgIpc) is 2.63. The summed E-state index contributed by atoms with van der Waals surface area (Å²) in [5, 5.41) is 11.0. The minimum absolute atomic E-state index is 0.0755. The van der Waals surface area contributed by atoms with E-state index in [0.717, 1.165) is 38.5 Å². The van der Waals surface area contributed by atoms with Crippen LogP contribution in [0.5, 0.6) is 0 Å². The monoisotopic (exact) mass is 404 g/mol. The van der Waals surface area contributed by atoms with E-state index in [1.165, 1.54) is 38.5 Å². The van der Waals surface area contributed by atoms with Crippen LogP contribution in [-0.4, -0.2) is 45.1 Å². The third kappa shape index (κ3) is 14.9. The third-order valence-corrected chi connectivity index (χ3v) is 6.63. The van der Waals surface area contributed by atoms with Gasteiger partial charge in [-0.15, -0.1) is 0 Å². The number of amides is 1. The zero-order valence-corrected chi connectivity index (χ0v) is 18.0. The fraction of sp³-hybridized carbons (Fsp3) is 0.900. The fourth-order valence-corrected chi connectivity index (χ4v) is 4.68. The lowest BCUT2D eigenvalue weighted by molar-refractivity contribution is -0.138. The number of aliphatic carboxylic acids is 1. The molecule has 0 aromatic heterocycles. The molecule has 0 bridgehead atoms. The first-order chi connectivity index (χ1) is 12.9. The summed E-state index contributed by atoms with van der Waals surface area (Å²) in [6.07, 6.45) is 13.6. The Hall–Kier alpha value is -0.790. The predicted octanol–water partition coefficient (Wildman–Crippen LogP) is 3.35. The summed E-state index contributed by atoms with van der Waals surface area (Å²) in [6.45, 7) is 3.91. The molecule has 160 valence electrons. The molecule has 0 spiro atoms. The van der Waals surface area contributed by atoms with Crippen molar-refractivity contribution in [3.8, 4) is 0 Å². The molecular formula is C20H40N2O4S. The van der Waals surface area contributed by atoms with E-state index in [-0.39, 0.29) is 11.0 Å². The van der Waals surface area contributed by atoms with Crippen molar-refractivity contribution in [2.75, 3.05) is 12.3 Å². The number of carbonyl (C=O) groups is 2. The number of rotatable bonds is 18. The highest BCUT2D eigenvalue weighted by atomic mass is 32.2. The highest BCUT2D eigenvalue weighted by Gasteiger charge is 2.27. The number of nitrogens with one attached hydrogen (secondary N) is 1. The topological polar surface area (TPSA) is 115 Å². The summed E-state index contributed by atoms with van der Waals surface area (Å²) in [5.74, 6) is -1.57. The van der Waals surface area contributed by atoms with E-state index in [1.807, 2.05) is 0 Å². The minimum Gasteiger partial charge on any atom is -0.616 e. The summed E-state index contributed by atoms with van der Waals surface area (Å²) in [4.78, 5) is 22.4. The lowest BCUT2D eigenvalue weighted by atomic mass is 10.0. The Bertz CT molecular complexity index is 382. The van der Waals surface area contributed by atoms with Crippen molar-refractivity contribution in [2.45, 2.75) is 102 Å². The maximum atomic E-state index is 12.8. The molecule has 0 aliphatic carbocycles. The lowest BCUT2D eigenvalue weighted by Crippen LogP contribution is -2.47. The SMILES string of the molecule is CCCCCCCC(CCCCCCC)[S+]([O-])CC(N)C(=O)NCC(=O)O. The summed E-state index contributed by atoms with van der Waals surface area (Å²) >= 11 is -1.17. The van der Waals surface area contributed by atoms with E-state index < -0.39 is 35.6 Å². The zero-order valence-electron chi connectivity index (χ0n) is 17.2. The van der Waals surface area contributed by atoms with Crippen LogP contribution in [0.3, 0.4) is 0 Å². The van der Waals surface area contributed by atoms with Crippen molar-refractivity contribution in [3.05, 3.63) is 0 Å². The standard InChI is InChI=1S/C20H40N2O4S/c1-3-5-7-9-11-13-17(14-12-10-8-6-4-2)27(26)16-18(21)20(25)22-15-19(23)24/h17-18H,3-16,21H2,1-2H3,(H,22,25)(H,23,24). The second kappa shape index (κ2) is 17.3. The first-order valence-electron chi connectivity index (χ1n) is 10.5. The summed E-state index contributed by atoms with van der Waals surface area (Å²) in [6, 6.07) is -0.923. The second-order valence-electron chi connectivity index (χ2n) is 7.29. The van der Waals surface area contributed by atoms with Gasteiger partial charge in [0, 0.05) is 0 Å². The lowest BCUT2D eigenvalue weighted by Gasteiger charge is -2.24. The fourth-order valence-electron chi connectivity index (χ4n) is 3.04. The van der Waals surface area contributed by atoms with Crippen LogP contribution in [-0.2, 0) is 20.8 Å². The number of nitrogens with two attached hydrogens (primary N) is 1. The van der Waals surface area contributed by atoms with Crippen molar-refractivity contribution in [2.24, 2.45) is 5.73 Å². The molecular weight excluding hydrogens is 364 g/mol. The van der Waals surface area contributed by atoms with Crippen LogP contribution in [0.2, 0.25) is 0 Å². The van der Waals surface area contributed by atoms with Crippen molar-refractivity contribution < 1.29 is 19.2 Å². The molecule has 0 heterocycles. The van der Waals surface area contributed by atoms with E-state index in [1.54, 1.807) is 0 Å². The third-order valence-electron chi connectivity index (χ3n) is 4.73. The minimum atomic E-state index is -1.17. The molecule has 4 N–H and O–H groups in total. The first-order valence-corrected chi connectivity index (χ1v) is 11.9. The zero-order chi connectivity index (χ0) is 20.5. The Kier molecular flexibility index (Phi) is 16.8. The van der Waals surface area contributed by atoms with Crippen LogP contribution in [0.15, 0.2) is 0 Å². The van der Waals surface area contributed by atoms with Gasteiger partial charge in [-0.3, -0.25) is 9.59 Å². The van der Waals surface area contributed by atoms with Crippen LogP contribution in [0, 0.1) is 0 Å². The van der Waals surface area contributed by atoms with Crippen molar-refractivity contribution in [1.29, 1.82) is 0 Å². The highest BCUT2D eigenvalue weighted by molar-refractivity contribution is 7.92. The van der Waals surface area contributed by atoms with Crippen molar-refractivity contribution in [1.82, 2.24) is 5.32 Å². The predicted molar refractivity (Wildman–Crippen MR) is 112 cm³/mol. The Labute approximate surface area is 168 Å². The van der Waals surface area contributed by atoms with E-state index in [2.05, 4.69) is 19.2 Å². The van der Waals surface area contributed by atoms with Crippen molar-refractivity contribution >= 4 is 23.1 Å². The molecule has 0 radical (unpaired) electrons. The van der Waals surface area contributed by atoms with E-state index in [4.69, 9.17) is 10.8 Å². The molecule has 2 unspecified atom stereocenters. The van der Waals surface area contributed by atoms with Gasteiger partial charge in [0.1, 0.15) is 23.6 Å². The van der Waals surface area contributed by atoms with Crippen LogP contribution >= 0.6 is 0 Å². The Morgan fingerprint density at radius 3 is 1.89 bits per heavy atom. The second-order valence-corrected chi connectivity index (χ2v) is 9.05. The number of carboxylic acid groups (broad SMARTS) is 1. The molecule has 0 rings (SSSR count). The van der Waals surface area contributed by atoms with Gasteiger partial charge in [-0.1, -0.05) is 65.2 Å². The molecule has 1 amide bonds. The molecule has 0 aliphatic rings. The van der Waals surface area contributed by atoms with Crippen LogP contribution in [0.25, 0.3) is 0 Å². The van der Waals surface area contributed by atoms with Crippen LogP contribution < -0.4 is 11.1 Å². The van der Waals surface area contributed by atoms with Gasteiger partial charge in [-0.2, -0.15) is 0 Å². The number of hydrogen-bond acceptors (Lipinski definition) is 4.